The smallest absolute Gasteiger partial charge is 0.198 e. The standard InChI is InChI=1S/C20H18NO2P/c1-24(22)20-10-6-5-7-16(20)15-21(24)17-11-13-19(14-12-17)23-18-8-3-2-4-9-18/h2-14H,15H2,1H3. The van der Waals surface area contributed by atoms with Crippen LogP contribution in [0.1, 0.15) is 5.56 Å². The number of hydrogen-bond donors (Lipinski definition) is 0. The molecule has 0 amide bonds. The molecule has 4 heteroatoms. The summed E-state index contributed by atoms with van der Waals surface area (Å²) in [7, 11) is -2.55. The first kappa shape index (κ1) is 15.0. The van der Waals surface area contributed by atoms with Crippen LogP contribution in [0.5, 0.6) is 11.5 Å². The van der Waals surface area contributed by atoms with Crippen molar-refractivity contribution in [1.29, 1.82) is 0 Å². The van der Waals surface area contributed by atoms with Gasteiger partial charge in [0.1, 0.15) is 11.5 Å². The van der Waals surface area contributed by atoms with Gasteiger partial charge in [-0.1, -0.05) is 36.4 Å². The van der Waals surface area contributed by atoms with Crippen molar-refractivity contribution in [3.8, 4) is 11.5 Å². The van der Waals surface area contributed by atoms with Crippen molar-refractivity contribution in [2.75, 3.05) is 11.3 Å². The van der Waals surface area contributed by atoms with E-state index in [0.717, 1.165) is 28.1 Å². The fourth-order valence-electron chi connectivity index (χ4n) is 3.10. The average Bonchev–Trinajstić information content (AvgIpc) is 2.88. The van der Waals surface area contributed by atoms with Crippen molar-refractivity contribution in [3.63, 3.8) is 0 Å². The third-order valence-electron chi connectivity index (χ3n) is 4.33. The van der Waals surface area contributed by atoms with Crippen LogP contribution in [0.3, 0.4) is 0 Å². The van der Waals surface area contributed by atoms with E-state index in [2.05, 4.69) is 6.07 Å². The van der Waals surface area contributed by atoms with E-state index < -0.39 is 7.29 Å². The minimum Gasteiger partial charge on any atom is -0.457 e. The maximum atomic E-state index is 13.2. The summed E-state index contributed by atoms with van der Waals surface area (Å²) >= 11 is 0. The molecule has 120 valence electrons. The summed E-state index contributed by atoms with van der Waals surface area (Å²) in [6, 6.07) is 25.5. The fourth-order valence-corrected chi connectivity index (χ4v) is 5.40. The van der Waals surface area contributed by atoms with E-state index in [9.17, 15) is 4.57 Å². The first-order valence-electron chi connectivity index (χ1n) is 7.91. The topological polar surface area (TPSA) is 29.5 Å². The number of fused-ring (bicyclic) bond motifs is 1. The van der Waals surface area contributed by atoms with E-state index in [1.54, 1.807) is 0 Å². The summed E-state index contributed by atoms with van der Waals surface area (Å²) < 4.78 is 21.1. The van der Waals surface area contributed by atoms with Gasteiger partial charge in [0.05, 0.1) is 6.54 Å². The molecule has 1 aliphatic heterocycles. The molecule has 0 saturated carbocycles. The number of ether oxygens (including phenoxy) is 1. The average molecular weight is 335 g/mol. The SMILES string of the molecule is CP1(=O)c2ccccc2CN1c1ccc(Oc2ccccc2)cc1. The Labute approximate surface area is 141 Å². The maximum Gasteiger partial charge on any atom is 0.198 e. The quantitative estimate of drug-likeness (QED) is 0.629. The molecule has 1 atom stereocenters. The molecule has 24 heavy (non-hydrogen) atoms. The number of anilines is 1. The predicted octanol–water partition coefficient (Wildman–Crippen LogP) is 5.03. The zero-order valence-electron chi connectivity index (χ0n) is 13.4. The van der Waals surface area contributed by atoms with Crippen LogP contribution in [-0.4, -0.2) is 6.66 Å². The van der Waals surface area contributed by atoms with Gasteiger partial charge in [-0.3, -0.25) is 4.57 Å². The molecule has 0 N–H and O–H groups in total. The van der Waals surface area contributed by atoms with Crippen LogP contribution in [-0.2, 0) is 11.1 Å². The molecule has 1 unspecified atom stereocenters. The number of rotatable bonds is 3. The van der Waals surface area contributed by atoms with Gasteiger partial charge < -0.3 is 9.41 Å². The molecule has 3 nitrogen and oxygen atoms in total. The van der Waals surface area contributed by atoms with Crippen molar-refractivity contribution in [1.82, 2.24) is 0 Å². The highest BCUT2D eigenvalue weighted by Crippen LogP contribution is 2.53. The summed E-state index contributed by atoms with van der Waals surface area (Å²) in [5.41, 5.74) is 2.10. The minimum absolute atomic E-state index is 0.683. The van der Waals surface area contributed by atoms with Gasteiger partial charge >= 0.3 is 0 Å². The number of para-hydroxylation sites is 1. The summed E-state index contributed by atoms with van der Waals surface area (Å²) in [5, 5.41) is 0.967. The molecule has 0 aliphatic carbocycles. The number of benzene rings is 3. The van der Waals surface area contributed by atoms with Crippen LogP contribution in [0.4, 0.5) is 5.69 Å². The lowest BCUT2D eigenvalue weighted by Crippen LogP contribution is -2.14. The lowest BCUT2D eigenvalue weighted by Gasteiger charge is -2.24. The first-order chi connectivity index (χ1) is 11.6. The molecule has 0 spiro atoms. The van der Waals surface area contributed by atoms with Gasteiger partial charge in [0.2, 0.25) is 0 Å². The van der Waals surface area contributed by atoms with Gasteiger partial charge in [-0.15, -0.1) is 0 Å². The van der Waals surface area contributed by atoms with Crippen molar-refractivity contribution >= 4 is 18.3 Å². The van der Waals surface area contributed by atoms with Crippen molar-refractivity contribution in [2.45, 2.75) is 6.54 Å². The van der Waals surface area contributed by atoms with Crippen LogP contribution >= 0.6 is 7.29 Å². The third kappa shape index (κ3) is 2.61. The molecule has 3 aromatic rings. The number of nitrogens with zero attached hydrogens (tertiary/aromatic N) is 1. The van der Waals surface area contributed by atoms with Gasteiger partial charge in [-0.05, 0) is 48.0 Å². The van der Waals surface area contributed by atoms with E-state index >= 15 is 0 Å². The molecule has 0 saturated heterocycles. The normalized spacial score (nSPS) is 19.1. The zero-order valence-corrected chi connectivity index (χ0v) is 14.3. The fraction of sp³-hybridized carbons (Fsp3) is 0.100. The number of hydrogen-bond acceptors (Lipinski definition) is 2. The van der Waals surface area contributed by atoms with E-state index in [-0.39, 0.29) is 0 Å². The monoisotopic (exact) mass is 335 g/mol. The second kappa shape index (κ2) is 5.85. The maximum absolute atomic E-state index is 13.2. The van der Waals surface area contributed by atoms with E-state index in [1.807, 2.05) is 84.1 Å². The van der Waals surface area contributed by atoms with Gasteiger partial charge in [-0.25, -0.2) is 0 Å². The van der Waals surface area contributed by atoms with Gasteiger partial charge in [0.25, 0.3) is 0 Å². The molecule has 1 heterocycles. The van der Waals surface area contributed by atoms with Gasteiger partial charge in [0.15, 0.2) is 7.29 Å². The van der Waals surface area contributed by atoms with Crippen molar-refractivity contribution in [2.24, 2.45) is 0 Å². The molecular weight excluding hydrogens is 317 g/mol. The van der Waals surface area contributed by atoms with Crippen LogP contribution < -0.4 is 14.7 Å². The van der Waals surface area contributed by atoms with Gasteiger partial charge in [-0.2, -0.15) is 0 Å². The van der Waals surface area contributed by atoms with Crippen LogP contribution in [0.25, 0.3) is 0 Å². The largest absolute Gasteiger partial charge is 0.457 e. The summed E-state index contributed by atoms with van der Waals surface area (Å²) in [5.74, 6) is 1.58. The zero-order chi connectivity index (χ0) is 16.6. The molecule has 3 aromatic carbocycles. The van der Waals surface area contributed by atoms with Crippen LogP contribution in [0, 0.1) is 0 Å². The highest BCUT2D eigenvalue weighted by Gasteiger charge is 2.36. The Kier molecular flexibility index (Phi) is 3.66. The van der Waals surface area contributed by atoms with E-state index in [0.29, 0.717) is 6.54 Å². The van der Waals surface area contributed by atoms with Crippen LogP contribution in [0.2, 0.25) is 0 Å². The predicted molar refractivity (Wildman–Crippen MR) is 98.7 cm³/mol. The summed E-state index contributed by atoms with van der Waals surface area (Å²) in [6.45, 7) is 2.52. The highest BCUT2D eigenvalue weighted by atomic mass is 31.2. The summed E-state index contributed by atoms with van der Waals surface area (Å²) in [6.07, 6.45) is 0. The lowest BCUT2D eigenvalue weighted by molar-refractivity contribution is 0.482. The molecule has 0 bridgehead atoms. The van der Waals surface area contributed by atoms with Crippen molar-refractivity contribution < 1.29 is 9.30 Å². The highest BCUT2D eigenvalue weighted by molar-refractivity contribution is 7.72. The minimum atomic E-state index is -2.55. The van der Waals surface area contributed by atoms with E-state index in [4.69, 9.17) is 4.74 Å². The first-order valence-corrected chi connectivity index (χ1v) is 10.0. The Hall–Kier alpha value is -2.51. The second-order valence-corrected chi connectivity index (χ2v) is 8.70. The molecule has 0 aromatic heterocycles. The molecule has 0 radical (unpaired) electrons. The molecular formula is C20H18NO2P. The van der Waals surface area contributed by atoms with E-state index in [1.165, 1.54) is 0 Å². The second-order valence-electron chi connectivity index (χ2n) is 5.97. The third-order valence-corrected chi connectivity index (χ3v) is 6.96. The Bertz CT molecular complexity index is 906. The Morgan fingerprint density at radius 3 is 2.17 bits per heavy atom. The lowest BCUT2D eigenvalue weighted by atomic mass is 10.2. The van der Waals surface area contributed by atoms with Gasteiger partial charge in [0, 0.05) is 17.7 Å². The van der Waals surface area contributed by atoms with Crippen LogP contribution in [0.15, 0.2) is 78.9 Å². The summed E-state index contributed by atoms with van der Waals surface area (Å²) in [4.78, 5) is 0. The molecule has 1 aliphatic rings. The molecule has 0 fully saturated rings. The molecule has 4 rings (SSSR count). The van der Waals surface area contributed by atoms with Crippen molar-refractivity contribution in [3.05, 3.63) is 84.4 Å². The Morgan fingerprint density at radius 2 is 1.46 bits per heavy atom. The Morgan fingerprint density at radius 1 is 0.833 bits per heavy atom. The Balaban J connectivity index is 1.59.